The third-order valence-electron chi connectivity index (χ3n) is 2.29. The number of likely N-dealkylation sites (N-methyl/N-ethyl adjacent to an activating group) is 1. The van der Waals surface area contributed by atoms with E-state index in [1.54, 1.807) is 0 Å². The van der Waals surface area contributed by atoms with Crippen LogP contribution >= 0.6 is 11.6 Å². The van der Waals surface area contributed by atoms with Crippen LogP contribution < -0.4 is 21.1 Å². The fraction of sp³-hybridized carbons (Fsp3) is 0.250. The van der Waals surface area contributed by atoms with Gasteiger partial charge in [0.2, 0.25) is 5.91 Å². The number of carbonyl (C=O) groups excluding carboxylic acids is 3. The van der Waals surface area contributed by atoms with Crippen LogP contribution in [0.2, 0.25) is 5.02 Å². The Bertz CT molecular complexity index is 533. The van der Waals surface area contributed by atoms with E-state index in [0.29, 0.717) is 5.02 Å². The Hall–Kier alpha value is -2.28. The summed E-state index contributed by atoms with van der Waals surface area (Å²) in [4.78, 5) is 33.6. The molecule has 0 aliphatic rings. The van der Waals surface area contributed by atoms with Gasteiger partial charge in [-0.15, -0.1) is 0 Å². The van der Waals surface area contributed by atoms with Crippen molar-refractivity contribution >= 4 is 29.3 Å². The van der Waals surface area contributed by atoms with E-state index in [1.165, 1.54) is 25.2 Å². The number of nitrogens with one attached hydrogen (secondary N) is 2. The molecule has 3 amide bonds. The zero-order chi connectivity index (χ0) is 15.1. The highest BCUT2D eigenvalue weighted by atomic mass is 35.5. The normalized spacial score (nSPS) is 9.70. The minimum absolute atomic E-state index is 0.0802. The van der Waals surface area contributed by atoms with E-state index < -0.39 is 11.8 Å². The largest absolute Gasteiger partial charge is 0.483 e. The highest BCUT2D eigenvalue weighted by Crippen LogP contribution is 2.22. The molecule has 0 aliphatic heterocycles. The molecule has 0 saturated carbocycles. The lowest BCUT2D eigenvalue weighted by molar-refractivity contribution is -0.127. The second-order valence-corrected chi connectivity index (χ2v) is 4.18. The van der Waals surface area contributed by atoms with Crippen LogP contribution in [-0.2, 0) is 9.59 Å². The lowest BCUT2D eigenvalue weighted by Crippen LogP contribution is -2.37. The topological polar surface area (TPSA) is 111 Å². The van der Waals surface area contributed by atoms with Crippen LogP contribution in [0.25, 0.3) is 0 Å². The number of primary amides is 1. The smallest absolute Gasteiger partial charge is 0.258 e. The third-order valence-corrected chi connectivity index (χ3v) is 2.53. The molecule has 20 heavy (non-hydrogen) atoms. The molecule has 0 spiro atoms. The van der Waals surface area contributed by atoms with Gasteiger partial charge >= 0.3 is 0 Å². The molecule has 7 nitrogen and oxygen atoms in total. The Kier molecular flexibility index (Phi) is 5.79. The number of halogens is 1. The molecule has 1 rings (SSSR count). The van der Waals surface area contributed by atoms with Crippen molar-refractivity contribution in [3.05, 3.63) is 28.8 Å². The number of nitrogens with two attached hydrogens (primary N) is 1. The highest BCUT2D eigenvalue weighted by Gasteiger charge is 2.12. The molecule has 0 atom stereocenters. The molecule has 0 saturated heterocycles. The predicted octanol–water partition coefficient (Wildman–Crippen LogP) is -0.320. The van der Waals surface area contributed by atoms with Crippen molar-refractivity contribution in [1.82, 2.24) is 10.6 Å². The Morgan fingerprint density at radius 2 is 2.00 bits per heavy atom. The lowest BCUT2D eigenvalue weighted by Gasteiger charge is -2.10. The maximum Gasteiger partial charge on any atom is 0.258 e. The highest BCUT2D eigenvalue weighted by molar-refractivity contribution is 6.31. The van der Waals surface area contributed by atoms with E-state index in [4.69, 9.17) is 22.1 Å². The molecular formula is C12H14ClN3O4. The molecular weight excluding hydrogens is 286 g/mol. The van der Waals surface area contributed by atoms with Crippen molar-refractivity contribution in [3.8, 4) is 5.75 Å². The van der Waals surface area contributed by atoms with E-state index in [1.807, 2.05) is 0 Å². The monoisotopic (exact) mass is 299 g/mol. The number of hydrogen-bond acceptors (Lipinski definition) is 4. The van der Waals surface area contributed by atoms with Crippen LogP contribution in [0.4, 0.5) is 0 Å². The molecule has 0 aliphatic carbocycles. The maximum atomic E-state index is 11.4. The van der Waals surface area contributed by atoms with Gasteiger partial charge in [0, 0.05) is 12.1 Å². The van der Waals surface area contributed by atoms with Crippen molar-refractivity contribution in [1.29, 1.82) is 0 Å². The van der Waals surface area contributed by atoms with Gasteiger partial charge in [-0.2, -0.15) is 0 Å². The second kappa shape index (κ2) is 7.34. The Labute approximate surface area is 120 Å². The van der Waals surface area contributed by atoms with E-state index >= 15 is 0 Å². The fourth-order valence-electron chi connectivity index (χ4n) is 1.28. The van der Waals surface area contributed by atoms with Gasteiger partial charge in [-0.25, -0.2) is 0 Å². The van der Waals surface area contributed by atoms with Gasteiger partial charge in [-0.3, -0.25) is 14.4 Å². The summed E-state index contributed by atoms with van der Waals surface area (Å²) in [5.74, 6) is -1.40. The number of amides is 3. The molecule has 4 N–H and O–H groups in total. The van der Waals surface area contributed by atoms with Crippen molar-refractivity contribution in [2.24, 2.45) is 5.73 Å². The molecule has 0 unspecified atom stereocenters. The lowest BCUT2D eigenvalue weighted by atomic mass is 10.2. The van der Waals surface area contributed by atoms with Gasteiger partial charge in [-0.05, 0) is 18.2 Å². The van der Waals surface area contributed by atoms with E-state index in [2.05, 4.69) is 10.6 Å². The van der Waals surface area contributed by atoms with Crippen LogP contribution in [0.15, 0.2) is 18.2 Å². The second-order valence-electron chi connectivity index (χ2n) is 3.74. The number of benzene rings is 1. The summed E-state index contributed by atoms with van der Waals surface area (Å²) < 4.78 is 5.18. The Morgan fingerprint density at radius 1 is 1.30 bits per heavy atom. The SMILES string of the molecule is CNC(=O)CNC(=O)COc1ccc(Cl)cc1C(N)=O. The summed E-state index contributed by atoms with van der Waals surface area (Å²) in [7, 11) is 1.46. The summed E-state index contributed by atoms with van der Waals surface area (Å²) in [6, 6.07) is 4.29. The fourth-order valence-corrected chi connectivity index (χ4v) is 1.45. The molecule has 1 aromatic rings. The number of hydrogen-bond donors (Lipinski definition) is 3. The van der Waals surface area contributed by atoms with Gasteiger partial charge in [-0.1, -0.05) is 11.6 Å². The minimum Gasteiger partial charge on any atom is -0.483 e. The molecule has 0 bridgehead atoms. The van der Waals surface area contributed by atoms with Crippen molar-refractivity contribution in [2.45, 2.75) is 0 Å². The average molecular weight is 300 g/mol. The van der Waals surface area contributed by atoms with Crippen molar-refractivity contribution < 1.29 is 19.1 Å². The Morgan fingerprint density at radius 3 is 2.60 bits per heavy atom. The van der Waals surface area contributed by atoms with Crippen LogP contribution in [0.3, 0.4) is 0 Å². The maximum absolute atomic E-state index is 11.4. The van der Waals surface area contributed by atoms with E-state index in [-0.39, 0.29) is 30.4 Å². The first-order valence-electron chi connectivity index (χ1n) is 5.63. The number of ether oxygens (including phenoxy) is 1. The van der Waals surface area contributed by atoms with Gasteiger partial charge in [0.1, 0.15) is 5.75 Å². The van der Waals surface area contributed by atoms with Gasteiger partial charge in [0.25, 0.3) is 11.8 Å². The summed E-state index contributed by atoms with van der Waals surface area (Å²) in [5, 5.41) is 5.03. The van der Waals surface area contributed by atoms with Crippen LogP contribution in [0.5, 0.6) is 5.75 Å². The molecule has 8 heteroatoms. The first-order valence-corrected chi connectivity index (χ1v) is 6.01. The molecule has 1 aromatic carbocycles. The van der Waals surface area contributed by atoms with Crippen molar-refractivity contribution in [2.75, 3.05) is 20.2 Å². The van der Waals surface area contributed by atoms with Crippen molar-refractivity contribution in [3.63, 3.8) is 0 Å². The van der Waals surface area contributed by atoms with Crippen LogP contribution in [0, 0.1) is 0 Å². The molecule has 0 fully saturated rings. The summed E-state index contributed by atoms with van der Waals surface area (Å²) in [5.41, 5.74) is 5.26. The van der Waals surface area contributed by atoms with Gasteiger partial charge < -0.3 is 21.1 Å². The Balaban J connectivity index is 2.59. The molecule has 0 heterocycles. The number of rotatable bonds is 6. The molecule has 0 radical (unpaired) electrons. The predicted molar refractivity (Wildman–Crippen MR) is 72.5 cm³/mol. The molecule has 108 valence electrons. The zero-order valence-electron chi connectivity index (χ0n) is 10.7. The minimum atomic E-state index is -0.715. The van der Waals surface area contributed by atoms with E-state index in [9.17, 15) is 14.4 Å². The zero-order valence-corrected chi connectivity index (χ0v) is 11.5. The summed E-state index contributed by atoms with van der Waals surface area (Å²) >= 11 is 5.74. The number of carbonyl (C=O) groups is 3. The van der Waals surface area contributed by atoms with E-state index in [0.717, 1.165) is 0 Å². The summed E-state index contributed by atoms with van der Waals surface area (Å²) in [6.45, 7) is -0.499. The molecule has 0 aromatic heterocycles. The van der Waals surface area contributed by atoms with Crippen LogP contribution in [-0.4, -0.2) is 37.9 Å². The third kappa shape index (κ3) is 4.77. The first-order chi connectivity index (χ1) is 9.43. The van der Waals surface area contributed by atoms with Crippen LogP contribution in [0.1, 0.15) is 10.4 Å². The van der Waals surface area contributed by atoms with Gasteiger partial charge in [0.05, 0.1) is 12.1 Å². The first kappa shape index (κ1) is 15.8. The van der Waals surface area contributed by atoms with Gasteiger partial charge in [0.15, 0.2) is 6.61 Å². The standard InChI is InChI=1S/C12H14ClN3O4/c1-15-10(17)5-16-11(18)6-20-9-3-2-7(13)4-8(9)12(14)19/h2-4H,5-6H2,1H3,(H2,14,19)(H,15,17)(H,16,18). The quantitative estimate of drug-likeness (QED) is 0.668. The summed E-state index contributed by atoms with van der Waals surface area (Å²) in [6.07, 6.45) is 0. The average Bonchev–Trinajstić information content (AvgIpc) is 2.43.